The van der Waals surface area contributed by atoms with Crippen LogP contribution >= 0.6 is 0 Å². The molecule has 1 aromatic carbocycles. The van der Waals surface area contributed by atoms with E-state index in [0.717, 1.165) is 57.5 Å². The van der Waals surface area contributed by atoms with Crippen LogP contribution in [0.5, 0.6) is 0 Å². The maximum Gasteiger partial charge on any atom is 0.253 e. The Labute approximate surface area is 191 Å². The lowest BCUT2D eigenvalue weighted by Gasteiger charge is -2.45. The monoisotopic (exact) mass is 443 g/mol. The number of nitrogens with one attached hydrogen (secondary N) is 1. The molecule has 0 radical (unpaired) electrons. The van der Waals surface area contributed by atoms with Crippen LogP contribution in [0.15, 0.2) is 18.2 Å². The number of rotatable bonds is 9. The van der Waals surface area contributed by atoms with Crippen molar-refractivity contribution in [1.29, 1.82) is 0 Å². The van der Waals surface area contributed by atoms with Crippen LogP contribution in [0.3, 0.4) is 0 Å². The second-order valence-corrected chi connectivity index (χ2v) is 8.76. The minimum absolute atomic E-state index is 0.0267. The smallest absolute Gasteiger partial charge is 0.253 e. The lowest BCUT2D eigenvalue weighted by atomic mass is 9.95. The molecule has 0 bridgehead atoms. The fourth-order valence-corrected chi connectivity index (χ4v) is 4.58. The first-order valence-corrected chi connectivity index (χ1v) is 11.8. The second kappa shape index (κ2) is 10.8. The average molecular weight is 444 g/mol. The molecule has 0 spiro atoms. The highest BCUT2D eigenvalue weighted by Gasteiger charge is 2.40. The highest BCUT2D eigenvalue weighted by atomic mass is 16.2. The van der Waals surface area contributed by atoms with E-state index in [1.165, 1.54) is 4.90 Å². The second-order valence-electron chi connectivity index (χ2n) is 8.76. The predicted octanol–water partition coefficient (Wildman–Crippen LogP) is 1.94. The lowest BCUT2D eigenvalue weighted by molar-refractivity contribution is -0.125. The number of amides is 3. The van der Waals surface area contributed by atoms with Gasteiger partial charge in [0, 0.05) is 32.7 Å². The molecule has 3 rings (SSSR count). The van der Waals surface area contributed by atoms with Gasteiger partial charge in [-0.05, 0) is 63.5 Å². The molecule has 0 saturated carbocycles. The summed E-state index contributed by atoms with van der Waals surface area (Å²) < 4.78 is 0. The highest BCUT2D eigenvalue weighted by molar-refractivity contribution is 6.09. The summed E-state index contributed by atoms with van der Waals surface area (Å²) in [6.45, 7) is 8.56. The minimum atomic E-state index is -0.234. The van der Waals surface area contributed by atoms with Gasteiger partial charge in [0.2, 0.25) is 11.8 Å². The number of nitrogens with zero attached hydrogens (tertiary/aromatic N) is 4. The molecule has 1 atom stereocenters. The van der Waals surface area contributed by atoms with Crippen molar-refractivity contribution in [1.82, 2.24) is 15.1 Å². The fraction of sp³-hybridized carbons (Fsp3) is 0.625. The summed E-state index contributed by atoms with van der Waals surface area (Å²) in [5, 5.41) is 2.96. The molecule has 1 N–H and O–H groups in total. The Kier molecular flexibility index (Phi) is 8.12. The quantitative estimate of drug-likeness (QED) is 0.591. The molecule has 1 saturated heterocycles. The molecule has 32 heavy (non-hydrogen) atoms. The normalized spacial score (nSPS) is 17.8. The molecular formula is C24H37N5O3. The van der Waals surface area contributed by atoms with Crippen LogP contribution in [0.4, 0.5) is 11.4 Å². The van der Waals surface area contributed by atoms with Crippen LogP contribution in [0.2, 0.25) is 0 Å². The van der Waals surface area contributed by atoms with Crippen molar-refractivity contribution in [2.75, 3.05) is 63.2 Å². The van der Waals surface area contributed by atoms with Crippen molar-refractivity contribution in [3.63, 3.8) is 0 Å². The number of carbonyl (C=O) groups excluding carboxylic acids is 3. The van der Waals surface area contributed by atoms with Gasteiger partial charge in [0.1, 0.15) is 12.6 Å². The van der Waals surface area contributed by atoms with E-state index in [9.17, 15) is 14.4 Å². The molecule has 1 aromatic rings. The van der Waals surface area contributed by atoms with Gasteiger partial charge in [0.05, 0.1) is 11.4 Å². The average Bonchev–Trinajstić information content (AvgIpc) is 2.81. The zero-order chi connectivity index (χ0) is 23.3. The van der Waals surface area contributed by atoms with Gasteiger partial charge < -0.3 is 20.0 Å². The van der Waals surface area contributed by atoms with E-state index in [2.05, 4.69) is 29.0 Å². The van der Waals surface area contributed by atoms with E-state index in [-0.39, 0.29) is 30.3 Å². The lowest BCUT2D eigenvalue weighted by Crippen LogP contribution is -2.57. The Balaban J connectivity index is 1.77. The van der Waals surface area contributed by atoms with Crippen molar-refractivity contribution >= 4 is 29.1 Å². The Morgan fingerprint density at radius 1 is 1.12 bits per heavy atom. The number of hydrogen-bond acceptors (Lipinski definition) is 5. The predicted molar refractivity (Wildman–Crippen MR) is 127 cm³/mol. The summed E-state index contributed by atoms with van der Waals surface area (Å²) >= 11 is 0. The van der Waals surface area contributed by atoms with Crippen LogP contribution in [0, 0.1) is 0 Å². The molecule has 8 nitrogen and oxygen atoms in total. The fourth-order valence-electron chi connectivity index (χ4n) is 4.58. The number of piperidine rings is 1. The van der Waals surface area contributed by atoms with Crippen molar-refractivity contribution in [2.45, 2.75) is 45.6 Å². The van der Waals surface area contributed by atoms with Crippen LogP contribution in [-0.4, -0.2) is 86.9 Å². The van der Waals surface area contributed by atoms with Gasteiger partial charge in [-0.25, -0.2) is 0 Å². The molecule has 1 unspecified atom stereocenters. The maximum atomic E-state index is 13.4. The highest BCUT2D eigenvalue weighted by Crippen LogP contribution is 2.40. The van der Waals surface area contributed by atoms with Gasteiger partial charge in [0.25, 0.3) is 5.91 Å². The Bertz CT molecular complexity index is 837. The van der Waals surface area contributed by atoms with Crippen LogP contribution in [-0.2, 0) is 9.59 Å². The Morgan fingerprint density at radius 2 is 1.88 bits per heavy atom. The summed E-state index contributed by atoms with van der Waals surface area (Å²) in [5.74, 6) is -0.343. The van der Waals surface area contributed by atoms with Crippen LogP contribution in [0.1, 0.15) is 49.9 Å². The SMILES string of the molecule is CCN(CC)CCCNC(=O)CN1C(=O)C2CCCCN2c2ccc(C(=O)N(C)C)cc21. The third-order valence-corrected chi connectivity index (χ3v) is 6.45. The summed E-state index contributed by atoms with van der Waals surface area (Å²) in [6.07, 6.45) is 3.70. The third-order valence-electron chi connectivity index (χ3n) is 6.45. The Hall–Kier alpha value is -2.61. The molecule has 2 aliphatic rings. The van der Waals surface area contributed by atoms with Gasteiger partial charge in [-0.15, -0.1) is 0 Å². The number of anilines is 2. The number of hydrogen-bond donors (Lipinski definition) is 1. The van der Waals surface area contributed by atoms with E-state index < -0.39 is 0 Å². The van der Waals surface area contributed by atoms with E-state index in [0.29, 0.717) is 17.8 Å². The third kappa shape index (κ3) is 5.23. The van der Waals surface area contributed by atoms with E-state index in [1.807, 2.05) is 12.1 Å². The van der Waals surface area contributed by atoms with Gasteiger partial charge in [-0.1, -0.05) is 13.8 Å². The summed E-state index contributed by atoms with van der Waals surface area (Å²) in [6, 6.07) is 5.26. The van der Waals surface area contributed by atoms with Gasteiger partial charge in [-0.2, -0.15) is 0 Å². The number of carbonyl (C=O) groups is 3. The van der Waals surface area contributed by atoms with Crippen LogP contribution < -0.4 is 15.1 Å². The van der Waals surface area contributed by atoms with E-state index in [1.54, 1.807) is 25.1 Å². The first-order valence-electron chi connectivity index (χ1n) is 11.8. The number of benzene rings is 1. The standard InChI is InChI=1S/C24H37N5O3/c1-5-27(6-2)14-9-13-25-22(30)17-29-21-16-18(23(31)26(3)4)11-12-19(21)28-15-8-7-10-20(28)24(29)32/h11-12,16,20H,5-10,13-15,17H2,1-4H3,(H,25,30). The van der Waals surface area contributed by atoms with Crippen molar-refractivity contribution in [3.8, 4) is 0 Å². The molecule has 3 amide bonds. The molecule has 0 aliphatic carbocycles. The topological polar surface area (TPSA) is 76.2 Å². The molecule has 176 valence electrons. The van der Waals surface area contributed by atoms with Crippen molar-refractivity contribution in [2.24, 2.45) is 0 Å². The van der Waals surface area contributed by atoms with Crippen molar-refractivity contribution < 1.29 is 14.4 Å². The zero-order valence-corrected chi connectivity index (χ0v) is 19.9. The molecule has 2 aliphatic heterocycles. The van der Waals surface area contributed by atoms with Crippen LogP contribution in [0.25, 0.3) is 0 Å². The summed E-state index contributed by atoms with van der Waals surface area (Å²) in [4.78, 5) is 46.2. The molecular weight excluding hydrogens is 406 g/mol. The Morgan fingerprint density at radius 3 is 2.56 bits per heavy atom. The first-order chi connectivity index (χ1) is 15.4. The summed E-state index contributed by atoms with van der Waals surface area (Å²) in [7, 11) is 3.41. The molecule has 1 fully saturated rings. The largest absolute Gasteiger partial charge is 0.358 e. The first kappa shape index (κ1) is 24.0. The summed E-state index contributed by atoms with van der Waals surface area (Å²) in [5.41, 5.74) is 2.10. The van der Waals surface area contributed by atoms with E-state index in [4.69, 9.17) is 0 Å². The molecule has 0 aromatic heterocycles. The van der Waals surface area contributed by atoms with Crippen molar-refractivity contribution in [3.05, 3.63) is 23.8 Å². The van der Waals surface area contributed by atoms with Gasteiger partial charge >= 0.3 is 0 Å². The van der Waals surface area contributed by atoms with E-state index >= 15 is 0 Å². The zero-order valence-electron chi connectivity index (χ0n) is 19.9. The number of fused-ring (bicyclic) bond motifs is 3. The minimum Gasteiger partial charge on any atom is -0.358 e. The maximum absolute atomic E-state index is 13.4. The molecule has 8 heteroatoms. The molecule has 2 heterocycles. The van der Waals surface area contributed by atoms with Gasteiger partial charge in [-0.3, -0.25) is 19.3 Å². The van der Waals surface area contributed by atoms with Gasteiger partial charge in [0.15, 0.2) is 0 Å².